The van der Waals surface area contributed by atoms with Gasteiger partial charge in [0.1, 0.15) is 5.69 Å². The van der Waals surface area contributed by atoms with Crippen molar-refractivity contribution >= 4 is 62.9 Å². The zero-order valence-electron chi connectivity index (χ0n) is 16.4. The third-order valence-corrected chi connectivity index (χ3v) is 4.95. The molecule has 1 amide bonds. The minimum absolute atomic E-state index is 0.0446. The van der Waals surface area contributed by atoms with Gasteiger partial charge in [0, 0.05) is 29.2 Å². The molecular weight excluding hydrogens is 499 g/mol. The second-order valence-corrected chi connectivity index (χ2v) is 7.24. The highest BCUT2D eigenvalue weighted by atomic mass is 35.5. The maximum atomic E-state index is 12.8. The third kappa shape index (κ3) is 4.79. The zero-order chi connectivity index (χ0) is 25.2. The summed E-state index contributed by atoms with van der Waals surface area (Å²) >= 11 is 11.9. The molecule has 0 aliphatic rings. The van der Waals surface area contributed by atoms with Crippen molar-refractivity contribution in [3.63, 3.8) is 0 Å². The smallest absolute Gasteiger partial charge is 0.304 e. The van der Waals surface area contributed by atoms with Crippen LogP contribution in [0.4, 0.5) is 17.1 Å². The second-order valence-electron chi connectivity index (χ2n) is 6.42. The fourth-order valence-electron chi connectivity index (χ4n) is 2.82. The van der Waals surface area contributed by atoms with Crippen LogP contribution in [-0.4, -0.2) is 36.4 Å². The van der Waals surface area contributed by atoms with Crippen LogP contribution >= 0.6 is 23.2 Å². The highest BCUT2D eigenvalue weighted by Crippen LogP contribution is 2.35. The lowest BCUT2D eigenvalue weighted by molar-refractivity contribution is -0.509. The Labute approximate surface area is 197 Å². The Morgan fingerprint density at radius 2 is 1.62 bits per heavy atom. The average Bonchev–Trinajstić information content (AvgIpc) is 2.78. The SMILES string of the molecule is N/N=C(/C(=O)Nc1c(Cl)cc([N+](=O)[O-])cc1Cl)[C@@H](c1cnc2ccc([N+](=O)[O-])cc2n1)[N+](=O)[O-]. The summed E-state index contributed by atoms with van der Waals surface area (Å²) in [7, 11) is 0. The molecule has 1 heterocycles. The first-order valence-electron chi connectivity index (χ1n) is 8.80. The van der Waals surface area contributed by atoms with Gasteiger partial charge in [0.2, 0.25) is 5.71 Å². The first kappa shape index (κ1) is 24.1. The van der Waals surface area contributed by atoms with Gasteiger partial charge in [-0.05, 0) is 6.07 Å². The van der Waals surface area contributed by atoms with Crippen LogP contribution in [0.15, 0.2) is 41.6 Å². The number of nitrogens with zero attached hydrogens (tertiary/aromatic N) is 6. The van der Waals surface area contributed by atoms with E-state index < -0.39 is 43.8 Å². The van der Waals surface area contributed by atoms with Gasteiger partial charge in [0.25, 0.3) is 17.3 Å². The lowest BCUT2D eigenvalue weighted by Crippen LogP contribution is -2.34. The molecule has 0 bridgehead atoms. The van der Waals surface area contributed by atoms with E-state index in [0.29, 0.717) is 0 Å². The number of nitrogens with one attached hydrogen (secondary N) is 1. The lowest BCUT2D eigenvalue weighted by Gasteiger charge is -2.13. The van der Waals surface area contributed by atoms with Crippen LogP contribution in [0.25, 0.3) is 11.0 Å². The van der Waals surface area contributed by atoms with Crippen molar-refractivity contribution < 1.29 is 19.6 Å². The average molecular weight is 509 g/mol. The summed E-state index contributed by atoms with van der Waals surface area (Å²) < 4.78 is 0. The van der Waals surface area contributed by atoms with Crippen molar-refractivity contribution in [3.05, 3.63) is 82.6 Å². The van der Waals surface area contributed by atoms with Gasteiger partial charge in [-0.25, -0.2) is 4.98 Å². The predicted molar refractivity (Wildman–Crippen MR) is 119 cm³/mol. The molecule has 0 spiro atoms. The highest BCUT2D eigenvalue weighted by molar-refractivity contribution is 6.47. The van der Waals surface area contributed by atoms with Crippen molar-refractivity contribution in [2.45, 2.75) is 6.04 Å². The summed E-state index contributed by atoms with van der Waals surface area (Å²) in [5, 5.41) is 38.5. The van der Waals surface area contributed by atoms with E-state index in [1.165, 1.54) is 12.1 Å². The van der Waals surface area contributed by atoms with E-state index in [9.17, 15) is 35.1 Å². The fraction of sp³-hybridized carbons (Fsp3) is 0.0588. The number of hydrogen-bond donors (Lipinski definition) is 2. The molecule has 17 heteroatoms. The number of fused-ring (bicyclic) bond motifs is 1. The summed E-state index contributed by atoms with van der Waals surface area (Å²) in [5.41, 5.74) is -2.13. The molecule has 0 saturated carbocycles. The van der Waals surface area contributed by atoms with Crippen molar-refractivity contribution in [2.75, 3.05) is 5.32 Å². The standard InChI is InChI=1S/C17H10Cl2N8O7/c18-9-3-8(26(31)32)4-10(19)14(9)23-17(28)15(24-20)16(27(33)34)13-6-21-11-2-1-7(25(29)30)5-12(11)22-13/h1-6,16H,20H2,(H,23,28)/b24-15+/t16-/m1/s1. The normalized spacial score (nSPS) is 12.2. The van der Waals surface area contributed by atoms with Crippen LogP contribution in [0, 0.1) is 30.3 Å². The predicted octanol–water partition coefficient (Wildman–Crippen LogP) is 3.02. The Morgan fingerprint density at radius 1 is 1.00 bits per heavy atom. The molecule has 3 N–H and O–H groups in total. The van der Waals surface area contributed by atoms with Crippen LogP contribution in [0.3, 0.4) is 0 Å². The number of non-ortho nitro benzene ring substituents is 2. The highest BCUT2D eigenvalue weighted by Gasteiger charge is 2.37. The van der Waals surface area contributed by atoms with Crippen LogP contribution in [0.1, 0.15) is 11.7 Å². The number of halogens is 2. The molecule has 2 aromatic carbocycles. The van der Waals surface area contributed by atoms with Gasteiger partial charge in [-0.3, -0.25) is 40.1 Å². The number of rotatable bonds is 7. The maximum Gasteiger partial charge on any atom is 0.304 e. The summed E-state index contributed by atoms with van der Waals surface area (Å²) in [5.74, 6) is 4.04. The molecule has 0 aliphatic carbocycles. The molecule has 1 atom stereocenters. The first-order valence-corrected chi connectivity index (χ1v) is 9.56. The van der Waals surface area contributed by atoms with Crippen molar-refractivity contribution in [1.29, 1.82) is 0 Å². The minimum Gasteiger partial charge on any atom is -0.323 e. The molecule has 0 radical (unpaired) electrons. The van der Waals surface area contributed by atoms with E-state index in [4.69, 9.17) is 29.0 Å². The minimum atomic E-state index is -2.03. The number of nitrogens with two attached hydrogens (primary N) is 1. The molecule has 0 unspecified atom stereocenters. The van der Waals surface area contributed by atoms with Crippen LogP contribution in [-0.2, 0) is 4.79 Å². The van der Waals surface area contributed by atoms with E-state index in [1.807, 2.05) is 0 Å². The molecule has 15 nitrogen and oxygen atoms in total. The van der Waals surface area contributed by atoms with Crippen LogP contribution in [0.2, 0.25) is 10.0 Å². The Morgan fingerprint density at radius 3 is 2.15 bits per heavy atom. The van der Waals surface area contributed by atoms with E-state index in [-0.39, 0.29) is 32.5 Å². The zero-order valence-corrected chi connectivity index (χ0v) is 17.9. The van der Waals surface area contributed by atoms with E-state index >= 15 is 0 Å². The second kappa shape index (κ2) is 9.55. The van der Waals surface area contributed by atoms with Gasteiger partial charge in [0.05, 0.1) is 42.8 Å². The van der Waals surface area contributed by atoms with Gasteiger partial charge in [0.15, 0.2) is 0 Å². The molecule has 3 aromatic rings. The number of nitro groups is 3. The number of anilines is 1. The lowest BCUT2D eigenvalue weighted by atomic mass is 10.1. The number of carbonyl (C=O) groups is 1. The number of aromatic nitrogens is 2. The van der Waals surface area contributed by atoms with Gasteiger partial charge >= 0.3 is 6.04 Å². The van der Waals surface area contributed by atoms with Crippen LogP contribution in [0.5, 0.6) is 0 Å². The molecule has 34 heavy (non-hydrogen) atoms. The number of amides is 1. The summed E-state index contributed by atoms with van der Waals surface area (Å²) in [4.78, 5) is 52.1. The molecular formula is C17H10Cl2N8O7. The Bertz CT molecular complexity index is 1370. The molecule has 0 aliphatic heterocycles. The van der Waals surface area contributed by atoms with E-state index in [1.54, 1.807) is 0 Å². The number of carbonyl (C=O) groups excluding carboxylic acids is 1. The summed E-state index contributed by atoms with van der Waals surface area (Å²) in [6.45, 7) is 0. The number of hydrazone groups is 1. The number of hydrogen-bond acceptors (Lipinski definition) is 11. The largest absolute Gasteiger partial charge is 0.323 e. The molecule has 1 aromatic heterocycles. The summed E-state index contributed by atoms with van der Waals surface area (Å²) in [6.07, 6.45) is 0.992. The Hall–Kier alpha value is -4.50. The van der Waals surface area contributed by atoms with E-state index in [2.05, 4.69) is 20.4 Å². The Kier molecular flexibility index (Phi) is 6.78. The topological polar surface area (TPSA) is 223 Å². The molecule has 3 rings (SSSR count). The van der Waals surface area contributed by atoms with Crippen LogP contribution < -0.4 is 11.2 Å². The molecule has 174 valence electrons. The first-order chi connectivity index (χ1) is 16.0. The maximum absolute atomic E-state index is 12.8. The third-order valence-electron chi connectivity index (χ3n) is 4.35. The number of nitro benzene ring substituents is 2. The molecule has 0 fully saturated rings. The fourth-order valence-corrected chi connectivity index (χ4v) is 3.39. The quantitative estimate of drug-likeness (QED) is 0.205. The van der Waals surface area contributed by atoms with Crippen molar-refractivity contribution in [1.82, 2.24) is 9.97 Å². The van der Waals surface area contributed by atoms with Crippen molar-refractivity contribution in [2.24, 2.45) is 10.9 Å². The number of benzene rings is 2. The summed E-state index contributed by atoms with van der Waals surface area (Å²) in [6, 6.07) is 3.33. The molecule has 0 saturated heterocycles. The van der Waals surface area contributed by atoms with Gasteiger partial charge < -0.3 is 11.2 Å². The van der Waals surface area contributed by atoms with Gasteiger partial charge in [-0.15, -0.1) is 0 Å². The van der Waals surface area contributed by atoms with E-state index in [0.717, 1.165) is 24.4 Å². The monoisotopic (exact) mass is 508 g/mol. The Balaban J connectivity index is 2.01. The van der Waals surface area contributed by atoms with Gasteiger partial charge in [-0.2, -0.15) is 5.10 Å². The van der Waals surface area contributed by atoms with Crippen molar-refractivity contribution in [3.8, 4) is 0 Å². The van der Waals surface area contributed by atoms with Gasteiger partial charge in [-0.1, -0.05) is 23.2 Å².